The molecule has 1 unspecified atom stereocenters. The largest absolute Gasteiger partial charge is 0.492 e. The second-order valence-electron chi connectivity index (χ2n) is 8.95. The second-order valence-corrected chi connectivity index (χ2v) is 8.95. The van der Waals surface area contributed by atoms with Crippen molar-refractivity contribution in [1.29, 1.82) is 0 Å². The maximum atomic E-state index is 13.1. The average molecular weight is 441 g/mol. The number of piperidine rings is 2. The number of ether oxygens (including phenoxy) is 3. The smallest absolute Gasteiger partial charge is 0.262 e. The Labute approximate surface area is 183 Å². The van der Waals surface area contributed by atoms with Gasteiger partial charge in [0.1, 0.15) is 18.4 Å². The number of rotatable bonds is 1. The molecule has 6 rings (SSSR count). The van der Waals surface area contributed by atoms with Gasteiger partial charge >= 0.3 is 0 Å². The highest BCUT2D eigenvalue weighted by Gasteiger charge is 2.47. The fourth-order valence-corrected chi connectivity index (χ4v) is 5.42. The molecule has 5 heterocycles. The molecular formula is C22H23N3O7. The Morgan fingerprint density at radius 1 is 1.03 bits per heavy atom. The van der Waals surface area contributed by atoms with Crippen LogP contribution in [0.3, 0.4) is 0 Å². The minimum atomic E-state index is -0.977. The van der Waals surface area contributed by atoms with Gasteiger partial charge in [0.05, 0.1) is 24.3 Å². The van der Waals surface area contributed by atoms with Crippen LogP contribution in [0.1, 0.15) is 52.0 Å². The number of carbonyl (C=O) groups is 4. The molecule has 0 aromatic heterocycles. The zero-order valence-electron chi connectivity index (χ0n) is 17.4. The van der Waals surface area contributed by atoms with Gasteiger partial charge in [-0.25, -0.2) is 0 Å². The molecule has 4 amide bonds. The van der Waals surface area contributed by atoms with Crippen molar-refractivity contribution in [3.8, 4) is 5.75 Å². The molecule has 3 fully saturated rings. The van der Waals surface area contributed by atoms with Gasteiger partial charge in [0.25, 0.3) is 11.8 Å². The minimum absolute atomic E-state index is 0.0920. The van der Waals surface area contributed by atoms with Crippen molar-refractivity contribution in [3.63, 3.8) is 0 Å². The van der Waals surface area contributed by atoms with Crippen LogP contribution < -0.4 is 10.1 Å². The lowest BCUT2D eigenvalue weighted by molar-refractivity contribution is -0.199. The third-order valence-corrected chi connectivity index (χ3v) is 7.08. The van der Waals surface area contributed by atoms with E-state index >= 15 is 0 Å². The van der Waals surface area contributed by atoms with Gasteiger partial charge in [-0.05, 0) is 18.6 Å². The first-order chi connectivity index (χ1) is 15.4. The lowest BCUT2D eigenvalue weighted by Gasteiger charge is -2.42. The summed E-state index contributed by atoms with van der Waals surface area (Å²) in [6, 6.07) is 2.46. The van der Waals surface area contributed by atoms with E-state index in [1.54, 1.807) is 12.1 Å². The van der Waals surface area contributed by atoms with Gasteiger partial charge in [0.2, 0.25) is 11.8 Å². The van der Waals surface area contributed by atoms with E-state index in [-0.39, 0.29) is 30.0 Å². The highest BCUT2D eigenvalue weighted by atomic mass is 16.7. The SMILES string of the molecule is O=C1CCC(N2C(=O)c3cc4c(cc3C2=O)OC[C@@H]2CC3(CCN2C4)OCCO3)C(=O)N1. The highest BCUT2D eigenvalue weighted by Crippen LogP contribution is 2.39. The summed E-state index contributed by atoms with van der Waals surface area (Å²) in [5, 5.41) is 2.21. The molecule has 0 aliphatic carbocycles. The number of fused-ring (bicyclic) bond motifs is 3. The highest BCUT2D eigenvalue weighted by molar-refractivity contribution is 6.23. The molecule has 1 aromatic carbocycles. The van der Waals surface area contributed by atoms with Crippen molar-refractivity contribution in [2.24, 2.45) is 0 Å². The summed E-state index contributed by atoms with van der Waals surface area (Å²) in [4.78, 5) is 53.2. The molecule has 5 aliphatic rings. The predicted octanol–water partition coefficient (Wildman–Crippen LogP) is 0.188. The Hall–Kier alpha value is -2.82. The number of hydrogen-bond donors (Lipinski definition) is 1. The first-order valence-corrected chi connectivity index (χ1v) is 11.0. The molecule has 10 heteroatoms. The quantitative estimate of drug-likeness (QED) is 0.615. The Bertz CT molecular complexity index is 1050. The van der Waals surface area contributed by atoms with Crippen molar-refractivity contribution >= 4 is 23.6 Å². The van der Waals surface area contributed by atoms with Gasteiger partial charge < -0.3 is 14.2 Å². The summed E-state index contributed by atoms with van der Waals surface area (Å²) in [6.45, 7) is 3.01. The topological polar surface area (TPSA) is 114 Å². The first kappa shape index (κ1) is 19.8. The average Bonchev–Trinajstić information content (AvgIpc) is 3.25. The Morgan fingerprint density at radius 3 is 2.53 bits per heavy atom. The van der Waals surface area contributed by atoms with E-state index in [1.165, 1.54) is 0 Å². The molecule has 168 valence electrons. The second kappa shape index (κ2) is 7.09. The number of carbonyl (C=O) groups excluding carboxylic acids is 4. The number of benzene rings is 1. The van der Waals surface area contributed by atoms with Crippen molar-refractivity contribution in [1.82, 2.24) is 15.1 Å². The lowest BCUT2D eigenvalue weighted by atomic mass is 9.95. The fraction of sp³-hybridized carbons (Fsp3) is 0.545. The Morgan fingerprint density at radius 2 is 1.78 bits per heavy atom. The molecule has 1 spiro atoms. The van der Waals surface area contributed by atoms with Gasteiger partial charge in [-0.1, -0.05) is 0 Å². The molecule has 10 nitrogen and oxygen atoms in total. The van der Waals surface area contributed by atoms with Crippen LogP contribution in [0.2, 0.25) is 0 Å². The number of nitrogens with one attached hydrogen (secondary N) is 1. The third kappa shape index (κ3) is 2.97. The van der Waals surface area contributed by atoms with Gasteiger partial charge in [0.15, 0.2) is 5.79 Å². The molecule has 1 aromatic rings. The molecule has 0 bridgehead atoms. The van der Waals surface area contributed by atoms with Crippen molar-refractivity contribution in [2.45, 2.75) is 50.1 Å². The summed E-state index contributed by atoms with van der Waals surface area (Å²) >= 11 is 0. The maximum Gasteiger partial charge on any atom is 0.262 e. The number of hydrogen-bond acceptors (Lipinski definition) is 8. The van der Waals surface area contributed by atoms with Crippen LogP contribution >= 0.6 is 0 Å². The molecule has 32 heavy (non-hydrogen) atoms. The molecule has 3 saturated heterocycles. The van der Waals surface area contributed by atoms with Crippen LogP contribution in [0, 0.1) is 0 Å². The van der Waals surface area contributed by atoms with Crippen LogP contribution in [0.4, 0.5) is 0 Å². The minimum Gasteiger partial charge on any atom is -0.492 e. The third-order valence-electron chi connectivity index (χ3n) is 7.08. The van der Waals surface area contributed by atoms with Crippen LogP contribution in [-0.2, 0) is 25.6 Å². The van der Waals surface area contributed by atoms with E-state index < -0.39 is 35.5 Å². The van der Waals surface area contributed by atoms with E-state index in [4.69, 9.17) is 14.2 Å². The Balaban J connectivity index is 1.27. The fourth-order valence-electron chi connectivity index (χ4n) is 5.42. The molecule has 1 N–H and O–H groups in total. The zero-order valence-corrected chi connectivity index (χ0v) is 17.4. The summed E-state index contributed by atoms with van der Waals surface area (Å²) in [5.41, 5.74) is 1.34. The zero-order chi connectivity index (χ0) is 22.0. The summed E-state index contributed by atoms with van der Waals surface area (Å²) < 4.78 is 17.8. The molecule has 2 atom stereocenters. The van der Waals surface area contributed by atoms with E-state index in [9.17, 15) is 19.2 Å². The van der Waals surface area contributed by atoms with Gasteiger partial charge in [0, 0.05) is 44.0 Å². The van der Waals surface area contributed by atoms with E-state index in [2.05, 4.69) is 10.2 Å². The Kier molecular flexibility index (Phi) is 4.40. The summed E-state index contributed by atoms with van der Waals surface area (Å²) in [5.74, 6) is -2.00. The van der Waals surface area contributed by atoms with Crippen LogP contribution in [0.25, 0.3) is 0 Å². The molecule has 0 radical (unpaired) electrons. The van der Waals surface area contributed by atoms with Crippen LogP contribution in [0.5, 0.6) is 5.75 Å². The van der Waals surface area contributed by atoms with Crippen LogP contribution in [-0.4, -0.2) is 77.7 Å². The van der Waals surface area contributed by atoms with Crippen molar-refractivity contribution < 1.29 is 33.4 Å². The van der Waals surface area contributed by atoms with E-state index in [1.807, 2.05) is 0 Å². The van der Waals surface area contributed by atoms with Gasteiger partial charge in [-0.3, -0.25) is 34.3 Å². The van der Waals surface area contributed by atoms with Crippen LogP contribution in [0.15, 0.2) is 12.1 Å². The molecule has 0 saturated carbocycles. The van der Waals surface area contributed by atoms with E-state index in [0.29, 0.717) is 38.5 Å². The maximum absolute atomic E-state index is 13.1. The lowest BCUT2D eigenvalue weighted by Crippen LogP contribution is -2.54. The monoisotopic (exact) mass is 441 g/mol. The first-order valence-electron chi connectivity index (χ1n) is 11.0. The van der Waals surface area contributed by atoms with Crippen molar-refractivity contribution in [2.75, 3.05) is 26.4 Å². The predicted molar refractivity (Wildman–Crippen MR) is 107 cm³/mol. The number of imide groups is 2. The molecule has 5 aliphatic heterocycles. The summed E-state index contributed by atoms with van der Waals surface area (Å²) in [6.07, 6.45) is 1.70. The summed E-state index contributed by atoms with van der Waals surface area (Å²) in [7, 11) is 0. The van der Waals surface area contributed by atoms with Gasteiger partial charge in [-0.2, -0.15) is 0 Å². The van der Waals surface area contributed by atoms with Crippen molar-refractivity contribution in [3.05, 3.63) is 28.8 Å². The number of amides is 4. The molecular weight excluding hydrogens is 418 g/mol. The standard InChI is InChI=1S/C22H23N3O7/c26-18-2-1-16(19(27)23-18)25-20(28)14-7-12-10-24-4-3-22(31-5-6-32-22)9-13(24)11-30-17(12)8-15(14)21(25)29/h7-8,13,16H,1-6,9-11H2,(H,23,26,27)/t13-,16?/m0/s1. The number of nitrogens with zero attached hydrogens (tertiary/aromatic N) is 2. The van der Waals surface area contributed by atoms with Gasteiger partial charge in [-0.15, -0.1) is 0 Å². The van der Waals surface area contributed by atoms with E-state index in [0.717, 1.165) is 23.4 Å². The normalized spacial score (nSPS) is 29.3.